The zero-order chi connectivity index (χ0) is 60.1. The monoisotopic (exact) mass is 1140 g/mol. The molecule has 0 aliphatic carbocycles. The topological polar surface area (TPSA) is 470 Å². The van der Waals surface area contributed by atoms with Crippen LogP contribution in [0.25, 0.3) is 0 Å². The van der Waals surface area contributed by atoms with Gasteiger partial charge in [-0.2, -0.15) is 11.8 Å². The molecule has 0 radical (unpaired) electrons. The Kier molecular flexibility index (Phi) is 31.5. The Balaban J connectivity index is 3.51. The van der Waals surface area contributed by atoms with E-state index in [-0.39, 0.29) is 62.7 Å². The van der Waals surface area contributed by atoms with Crippen LogP contribution in [0, 0.1) is 23.2 Å². The first-order chi connectivity index (χ1) is 37.0. The van der Waals surface area contributed by atoms with Gasteiger partial charge in [0.2, 0.25) is 47.3 Å². The average Bonchev–Trinajstić information content (AvgIpc) is 3.36. The summed E-state index contributed by atoms with van der Waals surface area (Å²) in [6.45, 7) is 9.89. The van der Waals surface area contributed by atoms with Gasteiger partial charge in [0.25, 0.3) is 0 Å². The molecule has 28 nitrogen and oxygen atoms in total. The van der Waals surface area contributed by atoms with Crippen molar-refractivity contribution >= 4 is 88.9 Å². The Bertz CT molecular complexity index is 2280. The van der Waals surface area contributed by atoms with Gasteiger partial charge in [0, 0.05) is 13.0 Å². The molecule has 1 aromatic carbocycles. The Morgan fingerprint density at radius 2 is 1.01 bits per heavy atom. The van der Waals surface area contributed by atoms with Crippen molar-refractivity contribution in [3.8, 4) is 0 Å². The van der Waals surface area contributed by atoms with E-state index in [0.717, 1.165) is 5.56 Å². The summed E-state index contributed by atoms with van der Waals surface area (Å²) in [5, 5.41) is 67.9. The molecule has 442 valence electrons. The summed E-state index contributed by atoms with van der Waals surface area (Å²) >= 11 is 1.30. The van der Waals surface area contributed by atoms with Gasteiger partial charge in [-0.3, -0.25) is 58.1 Å². The van der Waals surface area contributed by atoms with Gasteiger partial charge >= 0.3 is 23.9 Å². The van der Waals surface area contributed by atoms with Gasteiger partial charge in [0.1, 0.15) is 48.3 Å². The van der Waals surface area contributed by atoms with Crippen LogP contribution < -0.4 is 59.3 Å². The second-order valence-corrected chi connectivity index (χ2v) is 20.6. The van der Waals surface area contributed by atoms with Crippen LogP contribution in [0.1, 0.15) is 105 Å². The van der Waals surface area contributed by atoms with E-state index in [1.807, 2.05) is 0 Å². The lowest BCUT2D eigenvalue weighted by atomic mass is 9.96. The highest BCUT2D eigenvalue weighted by molar-refractivity contribution is 7.98. The maximum atomic E-state index is 14.2. The molecule has 29 heteroatoms. The van der Waals surface area contributed by atoms with E-state index in [9.17, 15) is 78.0 Å². The standard InChI is InChI=1S/C50H80N12O16S/c1-8-27(6)40(48(76)57-32(18-20-79-7)42(70)55-30(15-12-19-54-50(52)53)43(71)61-39(26(4)5)49(77)78)62-44(72)31(16-17-36(63)64)56-46(74)34(23-37(65)66)60-47(75)35(24-38(67)68)59-45(73)33(21-25(2)3)58-41(69)29(51)22-28-13-10-9-11-14-28/h9-11,13-14,25-27,29-35,39-40H,8,12,15-24,51H2,1-7H3,(H,55,70)(H,56,74)(H,57,76)(H,58,69)(H,59,73)(H,60,75)(H,61,71)(H,62,72)(H,63,64)(H,65,66)(H,67,68)(H,77,78)(H4,52,53,54). The van der Waals surface area contributed by atoms with Crippen molar-refractivity contribution in [3.63, 3.8) is 0 Å². The van der Waals surface area contributed by atoms with Gasteiger partial charge < -0.3 is 79.7 Å². The second kappa shape index (κ2) is 35.8. The highest BCUT2D eigenvalue weighted by Gasteiger charge is 2.37. The van der Waals surface area contributed by atoms with Crippen LogP contribution in [-0.4, -0.2) is 170 Å². The van der Waals surface area contributed by atoms with E-state index in [1.165, 1.54) is 11.8 Å². The van der Waals surface area contributed by atoms with Crippen molar-refractivity contribution in [2.45, 2.75) is 160 Å². The minimum absolute atomic E-state index is 0.00548. The summed E-state index contributed by atoms with van der Waals surface area (Å²) < 4.78 is 0. The lowest BCUT2D eigenvalue weighted by Crippen LogP contribution is -2.61. The number of amides is 8. The first kappa shape index (κ1) is 69.5. The molecule has 79 heavy (non-hydrogen) atoms. The smallest absolute Gasteiger partial charge is 0.326 e. The third-order valence-corrected chi connectivity index (χ3v) is 12.8. The summed E-state index contributed by atoms with van der Waals surface area (Å²) in [6, 6.07) is -5.18. The number of benzene rings is 1. The van der Waals surface area contributed by atoms with Crippen molar-refractivity contribution in [1.29, 1.82) is 5.41 Å². The van der Waals surface area contributed by atoms with E-state index in [2.05, 4.69) is 47.9 Å². The van der Waals surface area contributed by atoms with Crippen LogP contribution in [0.2, 0.25) is 0 Å². The fraction of sp³-hybridized carbons (Fsp3) is 0.620. The maximum Gasteiger partial charge on any atom is 0.326 e. The first-order valence-corrected chi connectivity index (χ1v) is 27.1. The number of carbonyl (C=O) groups excluding carboxylic acids is 8. The van der Waals surface area contributed by atoms with Gasteiger partial charge in [0.15, 0.2) is 5.96 Å². The predicted octanol–water partition coefficient (Wildman–Crippen LogP) is -1.90. The molecule has 1 rings (SSSR count). The minimum atomic E-state index is -2.10. The number of guanidine groups is 1. The molecule has 8 amide bonds. The van der Waals surface area contributed by atoms with Crippen molar-refractivity contribution in [2.24, 2.45) is 29.2 Å². The molecule has 0 saturated heterocycles. The van der Waals surface area contributed by atoms with Crippen molar-refractivity contribution in [3.05, 3.63) is 35.9 Å². The quantitative estimate of drug-likeness (QED) is 0.0195. The number of nitrogens with two attached hydrogens (primary N) is 2. The van der Waals surface area contributed by atoms with Crippen molar-refractivity contribution in [2.75, 3.05) is 18.6 Å². The number of hydrogen-bond donors (Lipinski definition) is 16. The Morgan fingerprint density at radius 1 is 0.570 bits per heavy atom. The maximum absolute atomic E-state index is 14.2. The van der Waals surface area contributed by atoms with Gasteiger partial charge in [-0.15, -0.1) is 0 Å². The number of rotatable bonds is 38. The predicted molar refractivity (Wildman–Crippen MR) is 288 cm³/mol. The van der Waals surface area contributed by atoms with Crippen LogP contribution in [0.15, 0.2) is 30.3 Å². The number of carbonyl (C=O) groups is 12. The molecule has 0 aliphatic heterocycles. The molecule has 0 saturated carbocycles. The molecule has 0 bridgehead atoms. The minimum Gasteiger partial charge on any atom is -0.481 e. The summed E-state index contributed by atoms with van der Waals surface area (Å²) in [7, 11) is 0. The highest BCUT2D eigenvalue weighted by Crippen LogP contribution is 2.14. The number of nitrogens with one attached hydrogen (secondary N) is 10. The van der Waals surface area contributed by atoms with Crippen LogP contribution in [-0.2, 0) is 64.0 Å². The fourth-order valence-corrected chi connectivity index (χ4v) is 8.09. The molecule has 10 atom stereocenters. The third-order valence-electron chi connectivity index (χ3n) is 12.2. The molecule has 0 aromatic heterocycles. The first-order valence-electron chi connectivity index (χ1n) is 25.7. The molecule has 0 fully saturated rings. The zero-order valence-corrected chi connectivity index (χ0v) is 46.4. The number of aliphatic carboxylic acids is 4. The molecule has 10 unspecified atom stereocenters. The molecule has 0 spiro atoms. The largest absolute Gasteiger partial charge is 0.481 e. The van der Waals surface area contributed by atoms with E-state index in [1.54, 1.807) is 78.1 Å². The lowest BCUT2D eigenvalue weighted by Gasteiger charge is -2.30. The van der Waals surface area contributed by atoms with Gasteiger partial charge in [-0.25, -0.2) is 4.79 Å². The average molecular weight is 1140 g/mol. The molecule has 18 N–H and O–H groups in total. The van der Waals surface area contributed by atoms with Gasteiger partial charge in [0.05, 0.1) is 18.9 Å². The van der Waals surface area contributed by atoms with E-state index in [0.29, 0.717) is 0 Å². The van der Waals surface area contributed by atoms with E-state index in [4.69, 9.17) is 16.9 Å². The molecule has 0 aliphatic rings. The molecule has 0 heterocycles. The second-order valence-electron chi connectivity index (χ2n) is 19.6. The van der Waals surface area contributed by atoms with E-state index >= 15 is 0 Å². The van der Waals surface area contributed by atoms with Gasteiger partial charge in [-0.1, -0.05) is 78.3 Å². The summed E-state index contributed by atoms with van der Waals surface area (Å²) in [5.41, 5.74) is 12.2. The molecular formula is C50H80N12O16S. The Morgan fingerprint density at radius 3 is 1.47 bits per heavy atom. The zero-order valence-electron chi connectivity index (χ0n) is 45.6. The molecule has 1 aromatic rings. The fourth-order valence-electron chi connectivity index (χ4n) is 7.62. The lowest BCUT2D eigenvalue weighted by molar-refractivity contribution is -0.144. The Hall–Kier alpha value is -7.56. The SMILES string of the molecule is CCC(C)C(NC(=O)C(CCC(=O)O)NC(=O)C(CC(=O)O)NC(=O)C(CC(=O)O)NC(=O)C(CC(C)C)NC(=O)C(N)Cc1ccccc1)C(=O)NC(CCSC)C(=O)NC(CCCNC(=N)N)C(=O)NC(C(=O)O)C(C)C. The number of carboxylic acid groups (broad SMARTS) is 4. The number of hydrogen-bond acceptors (Lipinski definition) is 15. The van der Waals surface area contributed by atoms with E-state index < -0.39 is 163 Å². The van der Waals surface area contributed by atoms with Gasteiger partial charge in [-0.05, 0) is 73.9 Å². The number of carboxylic acids is 4. The highest BCUT2D eigenvalue weighted by atomic mass is 32.2. The Labute approximate surface area is 462 Å². The number of thioether (sulfide) groups is 1. The summed E-state index contributed by atoms with van der Waals surface area (Å²) in [6.07, 6.45) is -1.60. The van der Waals surface area contributed by atoms with Crippen LogP contribution >= 0.6 is 11.8 Å². The normalized spacial score (nSPS) is 14.9. The van der Waals surface area contributed by atoms with Crippen LogP contribution in [0.5, 0.6) is 0 Å². The summed E-state index contributed by atoms with van der Waals surface area (Å²) in [5.74, 6) is -16.0. The molecular weight excluding hydrogens is 1060 g/mol. The third kappa shape index (κ3) is 27.1. The van der Waals surface area contributed by atoms with Crippen molar-refractivity contribution in [1.82, 2.24) is 47.9 Å². The van der Waals surface area contributed by atoms with Crippen LogP contribution in [0.3, 0.4) is 0 Å². The van der Waals surface area contributed by atoms with Crippen molar-refractivity contribution < 1.29 is 78.0 Å². The van der Waals surface area contributed by atoms with Crippen LogP contribution in [0.4, 0.5) is 0 Å². The summed E-state index contributed by atoms with van der Waals surface area (Å²) in [4.78, 5) is 158.